The van der Waals surface area contributed by atoms with Gasteiger partial charge in [-0.1, -0.05) is 38.1 Å². The molecule has 1 fully saturated rings. The lowest BCUT2D eigenvalue weighted by Crippen LogP contribution is -2.51. The fourth-order valence-electron chi connectivity index (χ4n) is 5.30. The van der Waals surface area contributed by atoms with Crippen LogP contribution < -0.4 is 10.6 Å². The summed E-state index contributed by atoms with van der Waals surface area (Å²) in [4.78, 5) is 28.8. The number of hydrogen-bond donors (Lipinski definition) is 2. The summed E-state index contributed by atoms with van der Waals surface area (Å²) in [5.41, 5.74) is 2.77. The molecule has 2 amide bonds. The van der Waals surface area contributed by atoms with Crippen molar-refractivity contribution in [2.75, 3.05) is 12.4 Å². The van der Waals surface area contributed by atoms with Gasteiger partial charge in [0.1, 0.15) is 0 Å². The predicted octanol–water partition coefficient (Wildman–Crippen LogP) is 4.37. The highest BCUT2D eigenvalue weighted by molar-refractivity contribution is 5.81. The van der Waals surface area contributed by atoms with Crippen molar-refractivity contribution in [1.82, 2.24) is 15.2 Å². The number of pyridine rings is 1. The van der Waals surface area contributed by atoms with Crippen LogP contribution in [0.4, 0.5) is 18.9 Å². The van der Waals surface area contributed by atoms with E-state index >= 15 is 0 Å². The monoisotopic (exact) mass is 488 g/mol. The molecule has 1 heterocycles. The van der Waals surface area contributed by atoms with E-state index in [1.165, 1.54) is 37.4 Å². The van der Waals surface area contributed by atoms with E-state index in [1.807, 2.05) is 12.1 Å². The lowest BCUT2D eigenvalue weighted by Gasteiger charge is -2.39. The Hall–Kier alpha value is -3.10. The third-order valence-electron chi connectivity index (χ3n) is 7.35. The molecule has 0 bridgehead atoms. The molecule has 2 N–H and O–H groups in total. The third kappa shape index (κ3) is 4.99. The van der Waals surface area contributed by atoms with Gasteiger partial charge in [0.2, 0.25) is 11.8 Å². The number of halogens is 3. The number of carbonyl (C=O) groups excluding carboxylic acids is 2. The number of nitrogens with one attached hydrogen (secondary N) is 2. The van der Waals surface area contributed by atoms with Crippen LogP contribution in [0.25, 0.3) is 0 Å². The molecule has 0 unspecified atom stereocenters. The van der Waals surface area contributed by atoms with Crippen molar-refractivity contribution in [3.05, 3.63) is 59.4 Å². The largest absolute Gasteiger partial charge is 0.414 e. The van der Waals surface area contributed by atoms with Gasteiger partial charge in [0, 0.05) is 37.4 Å². The van der Waals surface area contributed by atoms with E-state index in [9.17, 15) is 22.8 Å². The number of aromatic nitrogens is 1. The average Bonchev–Trinajstić information content (AvgIpc) is 3.00. The zero-order valence-electron chi connectivity index (χ0n) is 20.3. The first kappa shape index (κ1) is 25.0. The Morgan fingerprint density at radius 1 is 1.14 bits per heavy atom. The van der Waals surface area contributed by atoms with Crippen LogP contribution in [0, 0.1) is 5.92 Å². The van der Waals surface area contributed by atoms with Crippen molar-refractivity contribution in [2.24, 2.45) is 5.92 Å². The number of amides is 2. The lowest BCUT2D eigenvalue weighted by atomic mass is 9.79. The van der Waals surface area contributed by atoms with Gasteiger partial charge in [0.05, 0.1) is 17.6 Å². The van der Waals surface area contributed by atoms with Crippen LogP contribution in [-0.2, 0) is 21.4 Å². The van der Waals surface area contributed by atoms with Crippen LogP contribution in [0.3, 0.4) is 0 Å². The molecule has 2 atom stereocenters. The number of nitrogens with zero attached hydrogens (tertiary/aromatic N) is 2. The zero-order valence-corrected chi connectivity index (χ0v) is 20.3. The fraction of sp³-hybridized carbons (Fsp3) is 0.500. The first-order valence-corrected chi connectivity index (χ1v) is 11.8. The molecule has 35 heavy (non-hydrogen) atoms. The molecule has 0 aliphatic heterocycles. The summed E-state index contributed by atoms with van der Waals surface area (Å²) < 4.78 is 42.1. The van der Waals surface area contributed by atoms with Gasteiger partial charge in [-0.3, -0.25) is 14.6 Å². The van der Waals surface area contributed by atoms with Crippen LogP contribution in [0.1, 0.15) is 56.5 Å². The van der Waals surface area contributed by atoms with Gasteiger partial charge in [-0.15, -0.1) is 0 Å². The van der Waals surface area contributed by atoms with Gasteiger partial charge >= 0.3 is 6.18 Å². The first-order valence-electron chi connectivity index (χ1n) is 11.8. The Morgan fingerprint density at radius 2 is 1.83 bits per heavy atom. The smallest absolute Gasteiger partial charge is 0.380 e. The number of alkyl halides is 3. The predicted molar refractivity (Wildman–Crippen MR) is 127 cm³/mol. The second-order valence-corrected chi connectivity index (χ2v) is 10.2. The van der Waals surface area contributed by atoms with E-state index < -0.39 is 24.0 Å². The number of hydrogen-bond acceptors (Lipinski definition) is 4. The molecular formula is C26H31F3N4O2. The van der Waals surface area contributed by atoms with E-state index in [0.717, 1.165) is 11.3 Å². The van der Waals surface area contributed by atoms with Crippen molar-refractivity contribution >= 4 is 17.5 Å². The minimum atomic E-state index is -4.68. The molecule has 0 saturated heterocycles. The van der Waals surface area contributed by atoms with E-state index in [4.69, 9.17) is 0 Å². The van der Waals surface area contributed by atoms with E-state index in [-0.39, 0.29) is 29.1 Å². The summed E-state index contributed by atoms with van der Waals surface area (Å²) in [6.07, 6.45) is -1.79. The van der Waals surface area contributed by atoms with Gasteiger partial charge in [-0.25, -0.2) is 0 Å². The summed E-state index contributed by atoms with van der Waals surface area (Å²) in [6, 6.07) is 8.91. The minimum Gasteiger partial charge on any atom is -0.380 e. The molecule has 188 valence electrons. The van der Waals surface area contributed by atoms with Crippen LogP contribution in [0.15, 0.2) is 42.6 Å². The number of benzene rings is 1. The molecule has 1 saturated carbocycles. The van der Waals surface area contributed by atoms with E-state index in [0.29, 0.717) is 18.5 Å². The van der Waals surface area contributed by atoms with Gasteiger partial charge in [-0.2, -0.15) is 13.2 Å². The molecule has 2 aliphatic carbocycles. The Labute approximate surface area is 203 Å². The topological polar surface area (TPSA) is 74.3 Å². The van der Waals surface area contributed by atoms with Crippen LogP contribution in [0.5, 0.6) is 0 Å². The highest BCUT2D eigenvalue weighted by Crippen LogP contribution is 2.41. The third-order valence-corrected chi connectivity index (χ3v) is 7.35. The molecule has 9 heteroatoms. The Bertz CT molecular complexity index is 1090. The minimum absolute atomic E-state index is 0.0744. The molecule has 4 rings (SSSR count). The maximum atomic E-state index is 14.0. The normalized spacial score (nSPS) is 23.6. The van der Waals surface area contributed by atoms with Crippen molar-refractivity contribution in [3.63, 3.8) is 0 Å². The second kappa shape index (κ2) is 9.17. The molecule has 1 aromatic carbocycles. The number of fused-ring (bicyclic) bond motifs is 1. The Balaban J connectivity index is 1.46. The Morgan fingerprint density at radius 3 is 2.40 bits per heavy atom. The van der Waals surface area contributed by atoms with E-state index in [2.05, 4.69) is 41.6 Å². The van der Waals surface area contributed by atoms with E-state index in [1.54, 1.807) is 6.07 Å². The standard InChI is InChI=1S/C26H31F3N4O2/c1-15(34)31-19-11-17(12-19)24(35)33(4)23(26(27,28)29)21-10-9-18(14-30-21)32-22-13-16-7-5-6-8-20(16)25(22,2)3/h5-10,14,17,19,22-23,32H,11-13H2,1-4H3,(H,31,34)/t17?,19?,22-,23-/m0/s1. The SMILES string of the molecule is CC(=O)NC1CC(C(=O)N(C)[C@@H](c2ccc(N[C@H]3Cc4ccccc4C3(C)C)cn2)C(F)(F)F)C1. The van der Waals surface area contributed by atoms with Crippen LogP contribution in [0.2, 0.25) is 0 Å². The van der Waals surface area contributed by atoms with Crippen molar-refractivity contribution in [3.8, 4) is 0 Å². The summed E-state index contributed by atoms with van der Waals surface area (Å²) in [7, 11) is 1.17. The Kier molecular flexibility index (Phi) is 6.55. The first-order chi connectivity index (χ1) is 16.4. The molecule has 6 nitrogen and oxygen atoms in total. The molecule has 2 aromatic rings. The van der Waals surface area contributed by atoms with Gasteiger partial charge in [0.15, 0.2) is 6.04 Å². The van der Waals surface area contributed by atoms with Gasteiger partial charge in [-0.05, 0) is 42.5 Å². The molecule has 2 aliphatic rings. The second-order valence-electron chi connectivity index (χ2n) is 10.2. The van der Waals surface area contributed by atoms with Crippen molar-refractivity contribution in [1.29, 1.82) is 0 Å². The van der Waals surface area contributed by atoms with Gasteiger partial charge < -0.3 is 15.5 Å². The van der Waals surface area contributed by atoms with Crippen molar-refractivity contribution in [2.45, 2.75) is 69.8 Å². The van der Waals surface area contributed by atoms with Crippen LogP contribution in [-0.4, -0.2) is 47.0 Å². The highest BCUT2D eigenvalue weighted by atomic mass is 19.4. The summed E-state index contributed by atoms with van der Waals surface area (Å²) in [5, 5.41) is 6.12. The summed E-state index contributed by atoms with van der Waals surface area (Å²) in [5.74, 6) is -1.36. The fourth-order valence-corrected chi connectivity index (χ4v) is 5.30. The highest BCUT2D eigenvalue weighted by Gasteiger charge is 2.48. The van der Waals surface area contributed by atoms with Gasteiger partial charge in [0.25, 0.3) is 0 Å². The summed E-state index contributed by atoms with van der Waals surface area (Å²) >= 11 is 0. The molecule has 0 spiro atoms. The quantitative estimate of drug-likeness (QED) is 0.633. The zero-order chi connectivity index (χ0) is 25.5. The average molecular weight is 489 g/mol. The molecule has 0 radical (unpaired) electrons. The lowest BCUT2D eigenvalue weighted by molar-refractivity contribution is -0.192. The van der Waals surface area contributed by atoms with Crippen LogP contribution >= 0.6 is 0 Å². The molecular weight excluding hydrogens is 457 g/mol. The maximum Gasteiger partial charge on any atom is 0.414 e. The number of rotatable bonds is 6. The molecule has 1 aromatic heterocycles. The number of carbonyl (C=O) groups is 2. The van der Waals surface area contributed by atoms with Crippen molar-refractivity contribution < 1.29 is 22.8 Å². The maximum absolute atomic E-state index is 14.0. The summed E-state index contributed by atoms with van der Waals surface area (Å²) in [6.45, 7) is 5.67. The number of anilines is 1.